The highest BCUT2D eigenvalue weighted by Crippen LogP contribution is 2.26. The van der Waals surface area contributed by atoms with Gasteiger partial charge in [0, 0.05) is 18.0 Å². The van der Waals surface area contributed by atoms with Crippen molar-refractivity contribution in [1.82, 2.24) is 10.2 Å². The van der Waals surface area contributed by atoms with Gasteiger partial charge in [0.2, 0.25) is 5.91 Å². The van der Waals surface area contributed by atoms with E-state index in [1.807, 2.05) is 36.4 Å². The maximum Gasteiger partial charge on any atom is 0.220 e. The summed E-state index contributed by atoms with van der Waals surface area (Å²) in [5.74, 6) is 0.939. The van der Waals surface area contributed by atoms with E-state index in [1.165, 1.54) is 18.4 Å². The lowest BCUT2D eigenvalue weighted by Gasteiger charge is -2.28. The third kappa shape index (κ3) is 5.72. The molecule has 27 heavy (non-hydrogen) atoms. The van der Waals surface area contributed by atoms with Crippen molar-refractivity contribution in [2.75, 3.05) is 26.7 Å². The standard InChI is InChI=1S/C22H27ClN2O2/c1-27-20-11-7-18(8-12-20)21(25-14-2-3-15-25)16-24-22(26)13-6-17-4-9-19(23)10-5-17/h4-5,7-12,21H,2-3,6,13-16H2,1H3,(H,24,26). The lowest BCUT2D eigenvalue weighted by atomic mass is 10.0. The predicted molar refractivity (Wildman–Crippen MR) is 109 cm³/mol. The minimum Gasteiger partial charge on any atom is -0.497 e. The molecule has 144 valence electrons. The number of amides is 1. The third-order valence-corrected chi connectivity index (χ3v) is 5.38. The number of hydrogen-bond donors (Lipinski definition) is 1. The molecule has 2 aromatic carbocycles. The highest BCUT2D eigenvalue weighted by atomic mass is 35.5. The Morgan fingerprint density at radius 3 is 2.41 bits per heavy atom. The molecule has 0 radical (unpaired) electrons. The first-order chi connectivity index (χ1) is 13.2. The first-order valence-corrected chi connectivity index (χ1v) is 9.92. The molecule has 1 atom stereocenters. The number of carbonyl (C=O) groups excluding carboxylic acids is 1. The number of benzene rings is 2. The molecule has 3 rings (SSSR count). The highest BCUT2D eigenvalue weighted by Gasteiger charge is 2.24. The van der Waals surface area contributed by atoms with E-state index in [0.717, 1.165) is 35.8 Å². The Morgan fingerprint density at radius 2 is 1.78 bits per heavy atom. The fraction of sp³-hybridized carbons (Fsp3) is 0.409. The van der Waals surface area contributed by atoms with E-state index in [2.05, 4.69) is 22.3 Å². The van der Waals surface area contributed by atoms with Gasteiger partial charge in [0.25, 0.3) is 0 Å². The highest BCUT2D eigenvalue weighted by molar-refractivity contribution is 6.30. The van der Waals surface area contributed by atoms with Crippen molar-refractivity contribution in [3.8, 4) is 5.75 Å². The van der Waals surface area contributed by atoms with Gasteiger partial charge in [-0.05, 0) is 67.7 Å². The van der Waals surface area contributed by atoms with Gasteiger partial charge in [0.1, 0.15) is 5.75 Å². The van der Waals surface area contributed by atoms with Crippen molar-refractivity contribution in [2.24, 2.45) is 0 Å². The lowest BCUT2D eigenvalue weighted by Crippen LogP contribution is -2.36. The summed E-state index contributed by atoms with van der Waals surface area (Å²) >= 11 is 5.91. The maximum absolute atomic E-state index is 12.4. The Hall–Kier alpha value is -2.04. The zero-order valence-electron chi connectivity index (χ0n) is 15.8. The number of methoxy groups -OCH3 is 1. The normalized spacial score (nSPS) is 15.5. The molecule has 1 heterocycles. The van der Waals surface area contributed by atoms with E-state index < -0.39 is 0 Å². The molecule has 0 bridgehead atoms. The summed E-state index contributed by atoms with van der Waals surface area (Å²) in [5.41, 5.74) is 2.34. The molecular formula is C22H27ClN2O2. The van der Waals surface area contributed by atoms with Crippen LogP contribution in [-0.2, 0) is 11.2 Å². The van der Waals surface area contributed by atoms with Gasteiger partial charge in [0.05, 0.1) is 13.2 Å². The number of rotatable bonds is 8. The Morgan fingerprint density at radius 1 is 1.11 bits per heavy atom. The molecule has 1 saturated heterocycles. The number of hydrogen-bond acceptors (Lipinski definition) is 3. The Balaban J connectivity index is 1.56. The fourth-order valence-electron chi connectivity index (χ4n) is 3.54. The van der Waals surface area contributed by atoms with Crippen LogP contribution in [0.5, 0.6) is 5.75 Å². The maximum atomic E-state index is 12.4. The Bertz CT molecular complexity index is 725. The molecule has 0 saturated carbocycles. The van der Waals surface area contributed by atoms with Crippen LogP contribution >= 0.6 is 11.6 Å². The minimum atomic E-state index is 0.0858. The molecule has 1 unspecified atom stereocenters. The second kappa shape index (κ2) is 9.77. The van der Waals surface area contributed by atoms with Gasteiger partial charge >= 0.3 is 0 Å². The number of aryl methyl sites for hydroxylation is 1. The molecule has 5 heteroatoms. The molecule has 1 fully saturated rings. The summed E-state index contributed by atoms with van der Waals surface area (Å²) in [6.07, 6.45) is 3.64. The summed E-state index contributed by atoms with van der Waals surface area (Å²) in [7, 11) is 1.67. The number of nitrogens with one attached hydrogen (secondary N) is 1. The van der Waals surface area contributed by atoms with Crippen molar-refractivity contribution < 1.29 is 9.53 Å². The van der Waals surface area contributed by atoms with Crippen molar-refractivity contribution in [2.45, 2.75) is 31.7 Å². The summed E-state index contributed by atoms with van der Waals surface area (Å²) in [6.45, 7) is 2.79. The number of carbonyl (C=O) groups is 1. The van der Waals surface area contributed by atoms with Crippen molar-refractivity contribution in [1.29, 1.82) is 0 Å². The Kier molecular flexibility index (Phi) is 7.13. The van der Waals surface area contributed by atoms with E-state index in [-0.39, 0.29) is 11.9 Å². The molecule has 2 aromatic rings. The number of likely N-dealkylation sites (tertiary alicyclic amines) is 1. The number of ether oxygens (including phenoxy) is 1. The number of nitrogens with zero attached hydrogens (tertiary/aromatic N) is 1. The first-order valence-electron chi connectivity index (χ1n) is 9.55. The van der Waals surface area contributed by atoms with Gasteiger partial charge in [-0.2, -0.15) is 0 Å². The average molecular weight is 387 g/mol. The van der Waals surface area contributed by atoms with Crippen molar-refractivity contribution in [3.05, 3.63) is 64.7 Å². The summed E-state index contributed by atoms with van der Waals surface area (Å²) in [5, 5.41) is 3.85. The van der Waals surface area contributed by atoms with E-state index >= 15 is 0 Å². The molecular weight excluding hydrogens is 360 g/mol. The van der Waals surface area contributed by atoms with E-state index in [4.69, 9.17) is 16.3 Å². The van der Waals surface area contributed by atoms with Crippen LogP contribution in [0.2, 0.25) is 5.02 Å². The van der Waals surface area contributed by atoms with Crippen molar-refractivity contribution >= 4 is 17.5 Å². The quantitative estimate of drug-likeness (QED) is 0.738. The van der Waals surface area contributed by atoms with E-state index in [0.29, 0.717) is 13.0 Å². The monoisotopic (exact) mass is 386 g/mol. The van der Waals surface area contributed by atoms with Gasteiger partial charge in [-0.3, -0.25) is 9.69 Å². The largest absolute Gasteiger partial charge is 0.497 e. The molecule has 0 aromatic heterocycles. The fourth-order valence-corrected chi connectivity index (χ4v) is 3.67. The topological polar surface area (TPSA) is 41.6 Å². The summed E-state index contributed by atoms with van der Waals surface area (Å²) < 4.78 is 5.26. The molecule has 1 aliphatic rings. The van der Waals surface area contributed by atoms with Gasteiger partial charge < -0.3 is 10.1 Å². The first kappa shape index (κ1) is 19.7. The van der Waals surface area contributed by atoms with Gasteiger partial charge in [-0.25, -0.2) is 0 Å². The zero-order chi connectivity index (χ0) is 19.1. The molecule has 0 aliphatic carbocycles. The van der Waals surface area contributed by atoms with Crippen LogP contribution in [0.25, 0.3) is 0 Å². The van der Waals surface area contributed by atoms with Gasteiger partial charge in [-0.1, -0.05) is 35.9 Å². The third-order valence-electron chi connectivity index (χ3n) is 5.13. The second-order valence-electron chi connectivity index (χ2n) is 6.96. The second-order valence-corrected chi connectivity index (χ2v) is 7.40. The summed E-state index contributed by atoms with van der Waals surface area (Å²) in [6, 6.07) is 16.0. The molecule has 1 amide bonds. The average Bonchev–Trinajstić information content (AvgIpc) is 3.23. The van der Waals surface area contributed by atoms with E-state index in [9.17, 15) is 4.79 Å². The van der Waals surface area contributed by atoms with Crippen LogP contribution in [0, 0.1) is 0 Å². The van der Waals surface area contributed by atoms with Crippen LogP contribution in [0.4, 0.5) is 0 Å². The predicted octanol–water partition coefficient (Wildman–Crippen LogP) is 4.23. The molecule has 4 nitrogen and oxygen atoms in total. The molecule has 1 N–H and O–H groups in total. The zero-order valence-corrected chi connectivity index (χ0v) is 16.5. The van der Waals surface area contributed by atoms with Crippen molar-refractivity contribution in [3.63, 3.8) is 0 Å². The molecule has 1 aliphatic heterocycles. The van der Waals surface area contributed by atoms with Gasteiger partial charge in [0.15, 0.2) is 0 Å². The Labute approximate surface area is 166 Å². The lowest BCUT2D eigenvalue weighted by molar-refractivity contribution is -0.121. The van der Waals surface area contributed by atoms with Crippen LogP contribution in [0.3, 0.4) is 0 Å². The SMILES string of the molecule is COc1ccc(C(CNC(=O)CCc2ccc(Cl)cc2)N2CCCC2)cc1. The van der Waals surface area contributed by atoms with Gasteiger partial charge in [-0.15, -0.1) is 0 Å². The molecule has 0 spiro atoms. The summed E-state index contributed by atoms with van der Waals surface area (Å²) in [4.78, 5) is 14.8. The smallest absolute Gasteiger partial charge is 0.220 e. The van der Waals surface area contributed by atoms with Crippen LogP contribution in [0.1, 0.15) is 36.4 Å². The van der Waals surface area contributed by atoms with E-state index in [1.54, 1.807) is 7.11 Å². The van der Waals surface area contributed by atoms with Crippen LogP contribution < -0.4 is 10.1 Å². The van der Waals surface area contributed by atoms with Crippen LogP contribution in [-0.4, -0.2) is 37.6 Å². The minimum absolute atomic E-state index is 0.0858. The number of halogens is 1. The van der Waals surface area contributed by atoms with Crippen LogP contribution in [0.15, 0.2) is 48.5 Å².